The van der Waals surface area contributed by atoms with E-state index in [1.54, 1.807) is 6.07 Å². The molecule has 1 aromatic heterocycles. The maximum atomic E-state index is 12.6. The predicted molar refractivity (Wildman–Crippen MR) is 105 cm³/mol. The van der Waals surface area contributed by atoms with Gasteiger partial charge in [0.1, 0.15) is 5.69 Å². The number of aromatic nitrogens is 2. The number of amides is 1. The number of nitrogens with zero attached hydrogens (tertiary/aromatic N) is 2. The van der Waals surface area contributed by atoms with Crippen LogP contribution >= 0.6 is 24.0 Å². The fourth-order valence-corrected chi connectivity index (χ4v) is 3.06. The van der Waals surface area contributed by atoms with Crippen molar-refractivity contribution in [1.29, 1.82) is 0 Å². The summed E-state index contributed by atoms with van der Waals surface area (Å²) in [6.45, 7) is 2.73. The van der Waals surface area contributed by atoms with Crippen molar-refractivity contribution in [3.63, 3.8) is 0 Å². The number of ether oxygens (including phenoxy) is 1. The fraction of sp³-hybridized carbons (Fsp3) is 0.444. The first-order valence-electron chi connectivity index (χ1n) is 8.59. The molecule has 3 N–H and O–H groups in total. The molecule has 1 saturated heterocycles. The van der Waals surface area contributed by atoms with E-state index < -0.39 is 0 Å². The van der Waals surface area contributed by atoms with Gasteiger partial charge in [-0.2, -0.15) is 5.10 Å². The summed E-state index contributed by atoms with van der Waals surface area (Å²) in [5.41, 5.74) is 7.64. The monoisotopic (exact) mass is 398 g/mol. The first-order chi connectivity index (χ1) is 12.2. The van der Waals surface area contributed by atoms with Crippen LogP contribution < -0.4 is 5.73 Å². The van der Waals surface area contributed by atoms with Crippen molar-refractivity contribution in [3.8, 4) is 11.3 Å². The van der Waals surface area contributed by atoms with E-state index in [4.69, 9.17) is 22.1 Å². The Morgan fingerprint density at radius 3 is 2.65 bits per heavy atom. The van der Waals surface area contributed by atoms with Crippen LogP contribution in [0.25, 0.3) is 11.3 Å². The normalized spacial score (nSPS) is 14.9. The van der Waals surface area contributed by atoms with Crippen LogP contribution in [0.3, 0.4) is 0 Å². The third-order valence-corrected chi connectivity index (χ3v) is 4.63. The van der Waals surface area contributed by atoms with Gasteiger partial charge in [-0.05, 0) is 44.0 Å². The van der Waals surface area contributed by atoms with E-state index in [1.165, 1.54) is 0 Å². The second-order valence-electron chi connectivity index (χ2n) is 6.18. The molecule has 6 nitrogen and oxygen atoms in total. The molecule has 3 rings (SSSR count). The standard InChI is InChI=1S/C18H23ClN4O2.ClH/c19-14-4-2-13(3-5-14)16-12-17(22-21-16)18(24)23-9-6-15(7-10-23)25-11-1-8-20;/h2-5,12,15H,1,6-11,20H2,(H,21,22);1H. The van der Waals surface area contributed by atoms with Gasteiger partial charge in [-0.1, -0.05) is 23.7 Å². The maximum absolute atomic E-state index is 12.6. The van der Waals surface area contributed by atoms with Crippen molar-refractivity contribution in [2.45, 2.75) is 25.4 Å². The highest BCUT2D eigenvalue weighted by Crippen LogP contribution is 2.22. The Morgan fingerprint density at radius 2 is 2.00 bits per heavy atom. The van der Waals surface area contributed by atoms with Gasteiger partial charge < -0.3 is 15.4 Å². The summed E-state index contributed by atoms with van der Waals surface area (Å²) in [5.74, 6) is -0.0203. The molecule has 142 valence electrons. The van der Waals surface area contributed by atoms with Crippen LogP contribution in [-0.4, -0.2) is 53.3 Å². The number of aromatic amines is 1. The number of H-pyrrole nitrogens is 1. The number of carbonyl (C=O) groups is 1. The van der Waals surface area contributed by atoms with Crippen molar-refractivity contribution in [1.82, 2.24) is 15.1 Å². The molecule has 0 unspecified atom stereocenters. The average Bonchev–Trinajstić information content (AvgIpc) is 3.13. The first-order valence-corrected chi connectivity index (χ1v) is 8.97. The molecular formula is C18H24Cl2N4O2. The van der Waals surface area contributed by atoms with E-state index in [0.717, 1.165) is 30.5 Å². The first kappa shape index (κ1) is 20.7. The molecule has 1 amide bonds. The summed E-state index contributed by atoms with van der Waals surface area (Å²) in [7, 11) is 0. The average molecular weight is 399 g/mol. The molecule has 1 fully saturated rings. The molecule has 2 heterocycles. The Hall–Kier alpha value is -1.60. The molecule has 1 aliphatic rings. The minimum Gasteiger partial charge on any atom is -0.378 e. The molecule has 8 heteroatoms. The lowest BCUT2D eigenvalue weighted by Crippen LogP contribution is -2.41. The SMILES string of the molecule is Cl.NCCCOC1CCN(C(=O)c2cc(-c3ccc(Cl)cc3)n[nH]2)CC1. The number of rotatable bonds is 6. The number of hydrogen-bond donors (Lipinski definition) is 2. The van der Waals surface area contributed by atoms with Gasteiger partial charge in [-0.3, -0.25) is 9.89 Å². The Labute approximate surface area is 164 Å². The summed E-state index contributed by atoms with van der Waals surface area (Å²) in [6, 6.07) is 9.17. The van der Waals surface area contributed by atoms with Crippen LogP contribution in [0.15, 0.2) is 30.3 Å². The van der Waals surface area contributed by atoms with E-state index in [0.29, 0.717) is 37.0 Å². The van der Waals surface area contributed by atoms with Crippen LogP contribution in [0.5, 0.6) is 0 Å². The van der Waals surface area contributed by atoms with Gasteiger partial charge in [0.25, 0.3) is 5.91 Å². The van der Waals surface area contributed by atoms with Gasteiger partial charge in [0.05, 0.1) is 11.8 Å². The number of carbonyl (C=O) groups excluding carboxylic acids is 1. The summed E-state index contributed by atoms with van der Waals surface area (Å²) >= 11 is 5.90. The number of benzene rings is 1. The van der Waals surface area contributed by atoms with Crippen LogP contribution in [0.2, 0.25) is 5.02 Å². The van der Waals surface area contributed by atoms with E-state index in [-0.39, 0.29) is 24.4 Å². The molecule has 0 spiro atoms. The van der Waals surface area contributed by atoms with Crippen molar-refractivity contribution >= 4 is 29.9 Å². The molecule has 0 aliphatic carbocycles. The van der Waals surface area contributed by atoms with Crippen LogP contribution in [0, 0.1) is 0 Å². The lowest BCUT2D eigenvalue weighted by molar-refractivity contribution is 0.00829. The summed E-state index contributed by atoms with van der Waals surface area (Å²) in [5, 5.41) is 7.77. The lowest BCUT2D eigenvalue weighted by atomic mass is 10.1. The number of nitrogens with two attached hydrogens (primary N) is 1. The number of piperidine rings is 1. The molecule has 1 aromatic carbocycles. The number of likely N-dealkylation sites (tertiary alicyclic amines) is 1. The lowest BCUT2D eigenvalue weighted by Gasteiger charge is -2.31. The number of nitrogens with one attached hydrogen (secondary N) is 1. The number of hydrogen-bond acceptors (Lipinski definition) is 4. The largest absolute Gasteiger partial charge is 0.378 e. The zero-order chi connectivity index (χ0) is 17.6. The predicted octanol–water partition coefficient (Wildman–Crippen LogP) is 3.12. The van der Waals surface area contributed by atoms with Crippen molar-refractivity contribution in [2.75, 3.05) is 26.2 Å². The quantitative estimate of drug-likeness (QED) is 0.731. The zero-order valence-corrected chi connectivity index (χ0v) is 16.1. The molecule has 2 aromatic rings. The Bertz CT molecular complexity index is 697. The topological polar surface area (TPSA) is 84.2 Å². The summed E-state index contributed by atoms with van der Waals surface area (Å²) in [4.78, 5) is 14.5. The fourth-order valence-electron chi connectivity index (χ4n) is 2.93. The highest BCUT2D eigenvalue weighted by atomic mass is 35.5. The highest BCUT2D eigenvalue weighted by Gasteiger charge is 2.25. The van der Waals surface area contributed by atoms with Crippen molar-refractivity contribution in [3.05, 3.63) is 41.0 Å². The Morgan fingerprint density at radius 1 is 1.31 bits per heavy atom. The zero-order valence-electron chi connectivity index (χ0n) is 14.5. The van der Waals surface area contributed by atoms with Crippen LogP contribution in [-0.2, 0) is 4.74 Å². The van der Waals surface area contributed by atoms with Gasteiger partial charge in [0, 0.05) is 30.3 Å². The summed E-state index contributed by atoms with van der Waals surface area (Å²) < 4.78 is 5.78. The van der Waals surface area contributed by atoms with Gasteiger partial charge in [-0.15, -0.1) is 12.4 Å². The maximum Gasteiger partial charge on any atom is 0.271 e. The van der Waals surface area contributed by atoms with E-state index in [9.17, 15) is 4.79 Å². The minimum absolute atomic E-state index is 0. The van der Waals surface area contributed by atoms with E-state index in [1.807, 2.05) is 29.2 Å². The second kappa shape index (κ2) is 9.92. The molecule has 0 radical (unpaired) electrons. The van der Waals surface area contributed by atoms with Crippen molar-refractivity contribution < 1.29 is 9.53 Å². The van der Waals surface area contributed by atoms with Gasteiger partial charge in [0.2, 0.25) is 0 Å². The number of halogens is 2. The molecule has 26 heavy (non-hydrogen) atoms. The van der Waals surface area contributed by atoms with Gasteiger partial charge in [0.15, 0.2) is 0 Å². The Balaban J connectivity index is 0.00000243. The molecule has 0 bridgehead atoms. The van der Waals surface area contributed by atoms with Crippen LogP contribution in [0.4, 0.5) is 0 Å². The highest BCUT2D eigenvalue weighted by molar-refractivity contribution is 6.30. The summed E-state index contributed by atoms with van der Waals surface area (Å²) in [6.07, 6.45) is 2.81. The molecule has 1 aliphatic heterocycles. The van der Waals surface area contributed by atoms with E-state index >= 15 is 0 Å². The Kier molecular flexibility index (Phi) is 7.90. The molecule has 0 saturated carbocycles. The second-order valence-corrected chi connectivity index (χ2v) is 6.61. The minimum atomic E-state index is -0.0203. The third kappa shape index (κ3) is 5.20. The van der Waals surface area contributed by atoms with Crippen LogP contribution in [0.1, 0.15) is 29.8 Å². The van der Waals surface area contributed by atoms with Crippen molar-refractivity contribution in [2.24, 2.45) is 5.73 Å². The molecule has 0 atom stereocenters. The van der Waals surface area contributed by atoms with Gasteiger partial charge in [-0.25, -0.2) is 0 Å². The third-order valence-electron chi connectivity index (χ3n) is 4.38. The molecular weight excluding hydrogens is 375 g/mol. The van der Waals surface area contributed by atoms with E-state index in [2.05, 4.69) is 10.2 Å². The van der Waals surface area contributed by atoms with Gasteiger partial charge >= 0.3 is 0 Å². The smallest absolute Gasteiger partial charge is 0.271 e.